The lowest BCUT2D eigenvalue weighted by Crippen LogP contribution is -3.00. The van der Waals surface area contributed by atoms with Crippen LogP contribution in [0.5, 0.6) is 0 Å². The summed E-state index contributed by atoms with van der Waals surface area (Å²) in [6, 6.07) is 0. The van der Waals surface area contributed by atoms with Crippen LogP contribution in [0.25, 0.3) is 0 Å². The number of carbonyl (C=O) groups excluding carboxylic acids is 1. The molecule has 0 heterocycles. The number of quaternary nitrogens is 1. The van der Waals surface area contributed by atoms with Crippen molar-refractivity contribution in [1.29, 1.82) is 0 Å². The molecule has 0 amide bonds. The van der Waals surface area contributed by atoms with Gasteiger partial charge in [-0.1, -0.05) is 6.58 Å². The molecule has 78 valence electrons. The zero-order valence-electron chi connectivity index (χ0n) is 8.71. The summed E-state index contributed by atoms with van der Waals surface area (Å²) in [5.41, 5.74) is 0. The first kappa shape index (κ1) is 15.4. The van der Waals surface area contributed by atoms with Crippen molar-refractivity contribution in [2.24, 2.45) is 0 Å². The van der Waals surface area contributed by atoms with Crippen LogP contribution in [0.15, 0.2) is 12.7 Å². The molecule has 0 radical (unpaired) electrons. The van der Waals surface area contributed by atoms with E-state index in [0.717, 1.165) is 6.54 Å². The Morgan fingerprint density at radius 3 is 2.38 bits per heavy atom. The molecule has 0 saturated heterocycles. The van der Waals surface area contributed by atoms with Gasteiger partial charge in [-0.25, -0.2) is 4.79 Å². The van der Waals surface area contributed by atoms with Gasteiger partial charge < -0.3 is 28.7 Å². The highest BCUT2D eigenvalue weighted by Crippen LogP contribution is 2.07. The Labute approximate surface area is 97.4 Å². The number of esters is 1. The van der Waals surface area contributed by atoms with Crippen LogP contribution in [0.3, 0.4) is 0 Å². The highest BCUT2D eigenvalue weighted by atomic mass is 127. The number of hydrogen-bond acceptors (Lipinski definition) is 2. The fraction of sp³-hybridized carbons (Fsp3) is 0.667. The van der Waals surface area contributed by atoms with E-state index in [9.17, 15) is 4.79 Å². The summed E-state index contributed by atoms with van der Waals surface area (Å²) >= 11 is 0. The lowest BCUT2D eigenvalue weighted by atomic mass is 10.4. The van der Waals surface area contributed by atoms with Gasteiger partial charge in [0.2, 0.25) is 6.23 Å². The van der Waals surface area contributed by atoms with Crippen molar-refractivity contribution >= 4 is 5.97 Å². The predicted molar refractivity (Wildman–Crippen MR) is 48.4 cm³/mol. The van der Waals surface area contributed by atoms with Crippen LogP contribution in [0.2, 0.25) is 0 Å². The molecule has 0 bridgehead atoms. The average Bonchev–Trinajstić information content (AvgIpc) is 2.04. The van der Waals surface area contributed by atoms with Crippen molar-refractivity contribution in [3.63, 3.8) is 0 Å². The van der Waals surface area contributed by atoms with Gasteiger partial charge in [0.1, 0.15) is 0 Å². The minimum Gasteiger partial charge on any atom is -1.00 e. The van der Waals surface area contributed by atoms with Crippen LogP contribution in [-0.2, 0) is 9.53 Å². The molecule has 0 fully saturated rings. The molecule has 0 rings (SSSR count). The van der Waals surface area contributed by atoms with Gasteiger partial charge in [-0.2, -0.15) is 0 Å². The fourth-order valence-corrected chi connectivity index (χ4v) is 0.616. The van der Waals surface area contributed by atoms with E-state index in [2.05, 4.69) is 13.5 Å². The highest BCUT2D eigenvalue weighted by Gasteiger charge is 2.24. The van der Waals surface area contributed by atoms with E-state index < -0.39 is 0 Å². The first-order chi connectivity index (χ1) is 5.44. The molecule has 4 heteroatoms. The van der Waals surface area contributed by atoms with Gasteiger partial charge >= 0.3 is 5.97 Å². The maximum absolute atomic E-state index is 10.8. The summed E-state index contributed by atoms with van der Waals surface area (Å²) in [7, 11) is 4.03. The molecule has 0 N–H and O–H groups in total. The molecule has 0 saturated carbocycles. The molecule has 0 aromatic rings. The number of rotatable bonds is 4. The Morgan fingerprint density at radius 2 is 2.08 bits per heavy atom. The van der Waals surface area contributed by atoms with Gasteiger partial charge in [0.05, 0.1) is 20.6 Å². The van der Waals surface area contributed by atoms with Gasteiger partial charge in [0, 0.05) is 13.0 Å². The zero-order chi connectivity index (χ0) is 9.78. The molecule has 0 aliphatic carbocycles. The van der Waals surface area contributed by atoms with E-state index in [0.29, 0.717) is 4.48 Å². The van der Waals surface area contributed by atoms with Gasteiger partial charge in [-0.3, -0.25) is 4.48 Å². The van der Waals surface area contributed by atoms with E-state index in [1.165, 1.54) is 6.08 Å². The molecule has 13 heavy (non-hydrogen) atoms. The van der Waals surface area contributed by atoms with Gasteiger partial charge in [-0.05, 0) is 6.92 Å². The number of nitrogens with zero attached hydrogens (tertiary/aromatic N) is 1. The Morgan fingerprint density at radius 1 is 1.62 bits per heavy atom. The Bertz CT molecular complexity index is 180. The molecule has 0 aliphatic heterocycles. The third-order valence-corrected chi connectivity index (χ3v) is 2.25. The topological polar surface area (TPSA) is 26.3 Å². The second kappa shape index (κ2) is 6.37. The number of carbonyl (C=O) groups is 1. The first-order valence-electron chi connectivity index (χ1n) is 4.09. The van der Waals surface area contributed by atoms with E-state index in [4.69, 9.17) is 4.74 Å². The van der Waals surface area contributed by atoms with Gasteiger partial charge in [-0.15, -0.1) is 0 Å². The predicted octanol–water partition coefficient (Wildman–Crippen LogP) is -1.84. The molecule has 1 atom stereocenters. The Hall–Kier alpha value is -0.100. The third kappa shape index (κ3) is 5.25. The maximum Gasteiger partial charge on any atom is 0.334 e. The SMILES string of the molecule is C=CC(=O)OC(C)[N+](C)(C)CC.[I-]. The molecule has 0 aromatic heterocycles. The molecule has 0 spiro atoms. The largest absolute Gasteiger partial charge is 1.00 e. The Balaban J connectivity index is 0. The minimum absolute atomic E-state index is 0. The summed E-state index contributed by atoms with van der Waals surface area (Å²) in [6.07, 6.45) is 1.06. The van der Waals surface area contributed by atoms with Crippen molar-refractivity contribution in [2.75, 3.05) is 20.6 Å². The minimum atomic E-state index is -0.359. The third-order valence-electron chi connectivity index (χ3n) is 2.25. The normalized spacial score (nSPS) is 12.6. The second-order valence-corrected chi connectivity index (χ2v) is 3.34. The van der Waals surface area contributed by atoms with Crippen molar-refractivity contribution in [1.82, 2.24) is 0 Å². The van der Waals surface area contributed by atoms with Crippen LogP contribution < -0.4 is 24.0 Å². The van der Waals surface area contributed by atoms with E-state index in [-0.39, 0.29) is 36.2 Å². The lowest BCUT2D eigenvalue weighted by Gasteiger charge is -2.33. The van der Waals surface area contributed by atoms with Crippen molar-refractivity contribution in [3.05, 3.63) is 12.7 Å². The molecule has 0 aliphatic rings. The second-order valence-electron chi connectivity index (χ2n) is 3.34. The Kier molecular flexibility index (Phi) is 7.53. The summed E-state index contributed by atoms with van der Waals surface area (Å²) in [6.45, 7) is 8.20. The average molecular weight is 299 g/mol. The van der Waals surface area contributed by atoms with Crippen LogP contribution in [-0.4, -0.2) is 37.3 Å². The lowest BCUT2D eigenvalue weighted by molar-refractivity contribution is -0.931. The van der Waals surface area contributed by atoms with Crippen molar-refractivity contribution in [3.8, 4) is 0 Å². The summed E-state index contributed by atoms with van der Waals surface area (Å²) < 4.78 is 5.74. The van der Waals surface area contributed by atoms with Gasteiger partial charge in [0.15, 0.2) is 0 Å². The zero-order valence-corrected chi connectivity index (χ0v) is 10.9. The van der Waals surface area contributed by atoms with Crippen LogP contribution in [0, 0.1) is 0 Å². The van der Waals surface area contributed by atoms with E-state index >= 15 is 0 Å². The molecular weight excluding hydrogens is 281 g/mol. The summed E-state index contributed by atoms with van der Waals surface area (Å²) in [5.74, 6) is -0.359. The molecule has 3 nitrogen and oxygen atoms in total. The summed E-state index contributed by atoms with van der Waals surface area (Å²) in [4.78, 5) is 10.8. The van der Waals surface area contributed by atoms with Crippen molar-refractivity contribution in [2.45, 2.75) is 20.1 Å². The van der Waals surface area contributed by atoms with Crippen molar-refractivity contribution < 1.29 is 38.0 Å². The standard InChI is InChI=1S/C9H18NO2.HI/c1-6-9(11)12-8(3)10(4,5)7-2;/h6,8H,1,7H2,2-5H3;1H/q+1;/p-1. The van der Waals surface area contributed by atoms with Crippen LogP contribution in [0.4, 0.5) is 0 Å². The highest BCUT2D eigenvalue weighted by molar-refractivity contribution is 5.81. The van der Waals surface area contributed by atoms with Gasteiger partial charge in [0.25, 0.3) is 0 Å². The molecule has 1 unspecified atom stereocenters. The smallest absolute Gasteiger partial charge is 0.334 e. The maximum atomic E-state index is 10.8. The quantitative estimate of drug-likeness (QED) is 0.201. The number of hydrogen-bond donors (Lipinski definition) is 0. The van der Waals surface area contributed by atoms with Crippen LogP contribution in [0.1, 0.15) is 13.8 Å². The number of halogens is 1. The van der Waals surface area contributed by atoms with E-state index in [1.807, 2.05) is 21.0 Å². The summed E-state index contributed by atoms with van der Waals surface area (Å²) in [5, 5.41) is 0. The molecule has 0 aromatic carbocycles. The monoisotopic (exact) mass is 299 g/mol. The van der Waals surface area contributed by atoms with E-state index in [1.54, 1.807) is 0 Å². The molecular formula is C9H18INO2. The first-order valence-corrected chi connectivity index (χ1v) is 4.09. The van der Waals surface area contributed by atoms with Crippen LogP contribution >= 0.6 is 0 Å². The number of ether oxygens (including phenoxy) is 1. The fourth-order valence-electron chi connectivity index (χ4n) is 0.616.